The second-order valence-corrected chi connectivity index (χ2v) is 3.82. The summed E-state index contributed by atoms with van der Waals surface area (Å²) in [6.07, 6.45) is 0.729. The first kappa shape index (κ1) is 9.27. The molecular weight excluding hydrogens is 180 g/mol. The van der Waals surface area contributed by atoms with Crippen molar-refractivity contribution in [2.24, 2.45) is 0 Å². The zero-order valence-corrected chi connectivity index (χ0v) is 8.43. The van der Waals surface area contributed by atoms with Crippen LogP contribution < -0.4 is 4.90 Å². The number of rotatable bonds is 3. The van der Waals surface area contributed by atoms with E-state index in [9.17, 15) is 4.79 Å². The Morgan fingerprint density at radius 1 is 1.50 bits per heavy atom. The predicted molar refractivity (Wildman–Crippen MR) is 53.8 cm³/mol. The lowest BCUT2D eigenvalue weighted by Gasteiger charge is -2.42. The van der Waals surface area contributed by atoms with Crippen LogP contribution in [0.5, 0.6) is 0 Å². The fourth-order valence-corrected chi connectivity index (χ4v) is 1.54. The van der Waals surface area contributed by atoms with Gasteiger partial charge in [-0.15, -0.1) is 0 Å². The molecule has 1 aliphatic rings. The van der Waals surface area contributed by atoms with Crippen LogP contribution in [-0.4, -0.2) is 44.4 Å². The summed E-state index contributed by atoms with van der Waals surface area (Å²) >= 11 is 0. The van der Waals surface area contributed by atoms with E-state index in [0.29, 0.717) is 11.8 Å². The standard InChI is InChI=1S/C10H14N2O2/c1-11(2)8-5-12(6-8)10-4-3-9(7-13)14-10/h3-4,7-8H,5-6H2,1-2H3. The van der Waals surface area contributed by atoms with Crippen molar-refractivity contribution >= 4 is 12.2 Å². The minimum absolute atomic E-state index is 0.397. The van der Waals surface area contributed by atoms with Gasteiger partial charge < -0.3 is 14.2 Å². The SMILES string of the molecule is CN(C)C1CN(c2ccc(C=O)o2)C1. The van der Waals surface area contributed by atoms with Crippen molar-refractivity contribution in [3.63, 3.8) is 0 Å². The summed E-state index contributed by atoms with van der Waals surface area (Å²) in [5, 5.41) is 0. The molecule has 2 heterocycles. The summed E-state index contributed by atoms with van der Waals surface area (Å²) in [6, 6.07) is 4.14. The van der Waals surface area contributed by atoms with Gasteiger partial charge in [0.1, 0.15) is 0 Å². The van der Waals surface area contributed by atoms with Gasteiger partial charge >= 0.3 is 0 Å². The zero-order chi connectivity index (χ0) is 10.1. The number of aldehydes is 1. The van der Waals surface area contributed by atoms with Crippen molar-refractivity contribution in [2.75, 3.05) is 32.1 Å². The van der Waals surface area contributed by atoms with E-state index in [1.165, 1.54) is 0 Å². The van der Waals surface area contributed by atoms with Crippen molar-refractivity contribution in [3.05, 3.63) is 17.9 Å². The van der Waals surface area contributed by atoms with Crippen LogP contribution in [0, 0.1) is 0 Å². The molecule has 1 saturated heterocycles. The fraction of sp³-hybridized carbons (Fsp3) is 0.500. The molecule has 0 spiro atoms. The maximum atomic E-state index is 10.4. The first-order chi connectivity index (χ1) is 6.70. The van der Waals surface area contributed by atoms with Crippen molar-refractivity contribution in [1.82, 2.24) is 4.90 Å². The number of carbonyl (C=O) groups is 1. The Kier molecular flexibility index (Phi) is 2.29. The molecule has 0 amide bonds. The van der Waals surface area contributed by atoms with E-state index < -0.39 is 0 Å². The van der Waals surface area contributed by atoms with E-state index in [2.05, 4.69) is 23.9 Å². The number of hydrogen-bond acceptors (Lipinski definition) is 4. The highest BCUT2D eigenvalue weighted by Crippen LogP contribution is 2.24. The Bertz CT molecular complexity index is 327. The second-order valence-electron chi connectivity index (χ2n) is 3.82. The van der Waals surface area contributed by atoms with E-state index in [0.717, 1.165) is 25.3 Å². The number of carbonyl (C=O) groups excluding carboxylic acids is 1. The normalized spacial score (nSPS) is 17.2. The smallest absolute Gasteiger partial charge is 0.196 e. The van der Waals surface area contributed by atoms with Gasteiger partial charge in [0.25, 0.3) is 0 Å². The van der Waals surface area contributed by atoms with Gasteiger partial charge in [0, 0.05) is 25.2 Å². The molecule has 0 bridgehead atoms. The number of nitrogens with zero attached hydrogens (tertiary/aromatic N) is 2. The van der Waals surface area contributed by atoms with Crippen molar-refractivity contribution in [1.29, 1.82) is 0 Å². The molecule has 0 unspecified atom stereocenters. The molecule has 0 aliphatic carbocycles. The summed E-state index contributed by atoms with van der Waals surface area (Å²) in [5.41, 5.74) is 0. The Morgan fingerprint density at radius 3 is 2.71 bits per heavy atom. The van der Waals surface area contributed by atoms with Gasteiger partial charge in [-0.05, 0) is 20.2 Å². The van der Waals surface area contributed by atoms with Gasteiger partial charge in [-0.1, -0.05) is 0 Å². The van der Waals surface area contributed by atoms with E-state index in [1.807, 2.05) is 6.07 Å². The summed E-state index contributed by atoms with van der Waals surface area (Å²) in [5.74, 6) is 1.19. The molecule has 0 radical (unpaired) electrons. The van der Waals surface area contributed by atoms with Crippen LogP contribution in [0.25, 0.3) is 0 Å². The molecule has 14 heavy (non-hydrogen) atoms. The maximum Gasteiger partial charge on any atom is 0.196 e. The number of anilines is 1. The third-order valence-electron chi connectivity index (χ3n) is 2.63. The van der Waals surface area contributed by atoms with E-state index >= 15 is 0 Å². The Hall–Kier alpha value is -1.29. The van der Waals surface area contributed by atoms with Gasteiger partial charge in [-0.3, -0.25) is 4.79 Å². The minimum atomic E-state index is 0.397. The maximum absolute atomic E-state index is 10.4. The lowest BCUT2D eigenvalue weighted by molar-refractivity contribution is 0.110. The molecule has 76 valence electrons. The molecule has 4 nitrogen and oxygen atoms in total. The highest BCUT2D eigenvalue weighted by Gasteiger charge is 2.30. The molecule has 1 fully saturated rings. The third-order valence-corrected chi connectivity index (χ3v) is 2.63. The summed E-state index contributed by atoms with van der Waals surface area (Å²) in [4.78, 5) is 14.7. The molecule has 1 aromatic heterocycles. The van der Waals surface area contributed by atoms with E-state index in [4.69, 9.17) is 4.42 Å². The lowest BCUT2D eigenvalue weighted by Crippen LogP contribution is -2.57. The van der Waals surface area contributed by atoms with Crippen LogP contribution in [0.3, 0.4) is 0 Å². The third kappa shape index (κ3) is 1.53. The zero-order valence-electron chi connectivity index (χ0n) is 8.43. The summed E-state index contributed by atoms with van der Waals surface area (Å²) < 4.78 is 5.30. The van der Waals surface area contributed by atoms with Crippen molar-refractivity contribution in [2.45, 2.75) is 6.04 Å². The second kappa shape index (κ2) is 3.46. The van der Waals surface area contributed by atoms with Crippen LogP contribution in [0.1, 0.15) is 10.6 Å². The van der Waals surface area contributed by atoms with Crippen LogP contribution in [-0.2, 0) is 0 Å². The van der Waals surface area contributed by atoms with Gasteiger partial charge in [0.2, 0.25) is 0 Å². The molecule has 0 aromatic carbocycles. The first-order valence-corrected chi connectivity index (χ1v) is 4.67. The van der Waals surface area contributed by atoms with Gasteiger partial charge in [0.05, 0.1) is 0 Å². The highest BCUT2D eigenvalue weighted by atomic mass is 16.4. The molecule has 0 N–H and O–H groups in total. The van der Waals surface area contributed by atoms with Gasteiger partial charge in [-0.25, -0.2) is 0 Å². The molecule has 0 atom stereocenters. The van der Waals surface area contributed by atoms with Crippen molar-refractivity contribution < 1.29 is 9.21 Å². The average molecular weight is 194 g/mol. The quantitative estimate of drug-likeness (QED) is 0.668. The number of likely N-dealkylation sites (N-methyl/N-ethyl adjacent to an activating group) is 1. The Morgan fingerprint density at radius 2 is 2.21 bits per heavy atom. The van der Waals surface area contributed by atoms with Gasteiger partial charge in [-0.2, -0.15) is 0 Å². The van der Waals surface area contributed by atoms with Crippen LogP contribution >= 0.6 is 0 Å². The lowest BCUT2D eigenvalue weighted by atomic mass is 10.1. The van der Waals surface area contributed by atoms with Crippen LogP contribution in [0.2, 0.25) is 0 Å². The molecule has 1 aromatic rings. The minimum Gasteiger partial charge on any atom is -0.438 e. The number of hydrogen-bond donors (Lipinski definition) is 0. The Balaban J connectivity index is 1.96. The average Bonchev–Trinajstić information content (AvgIpc) is 2.49. The molecule has 0 saturated carbocycles. The molecular formula is C10H14N2O2. The highest BCUT2D eigenvalue weighted by molar-refractivity contribution is 5.71. The molecule has 1 aliphatic heterocycles. The fourth-order valence-electron chi connectivity index (χ4n) is 1.54. The monoisotopic (exact) mass is 194 g/mol. The summed E-state index contributed by atoms with van der Waals surface area (Å²) in [7, 11) is 4.14. The van der Waals surface area contributed by atoms with Crippen molar-refractivity contribution in [3.8, 4) is 0 Å². The van der Waals surface area contributed by atoms with Gasteiger partial charge in [0.15, 0.2) is 17.9 Å². The summed E-state index contributed by atoms with van der Waals surface area (Å²) in [6.45, 7) is 1.94. The molecule has 4 heteroatoms. The van der Waals surface area contributed by atoms with Crippen LogP contribution in [0.15, 0.2) is 16.5 Å². The topological polar surface area (TPSA) is 36.7 Å². The first-order valence-electron chi connectivity index (χ1n) is 4.67. The predicted octanol–water partition coefficient (Wildman–Crippen LogP) is 0.842. The molecule has 2 rings (SSSR count). The van der Waals surface area contributed by atoms with Crippen LogP contribution in [0.4, 0.5) is 5.88 Å². The number of furan rings is 1. The largest absolute Gasteiger partial charge is 0.438 e. The van der Waals surface area contributed by atoms with E-state index in [-0.39, 0.29) is 0 Å². The Labute approximate surface area is 83.1 Å². The van der Waals surface area contributed by atoms with E-state index in [1.54, 1.807) is 6.07 Å².